The zero-order valence-corrected chi connectivity index (χ0v) is 11.0. The van der Waals surface area contributed by atoms with E-state index in [0.29, 0.717) is 17.6 Å². The fraction of sp³-hybridized carbons (Fsp3) is 0.357. The zero-order chi connectivity index (χ0) is 13.7. The lowest BCUT2D eigenvalue weighted by molar-refractivity contribution is 0.0951. The highest BCUT2D eigenvalue weighted by molar-refractivity contribution is 5.97. The molecule has 2 rings (SSSR count). The van der Waals surface area contributed by atoms with Gasteiger partial charge in [0.15, 0.2) is 0 Å². The van der Waals surface area contributed by atoms with Crippen molar-refractivity contribution >= 4 is 16.9 Å². The Labute approximate surface area is 112 Å². The zero-order valence-electron chi connectivity index (χ0n) is 11.0. The fourth-order valence-electron chi connectivity index (χ4n) is 1.90. The summed E-state index contributed by atoms with van der Waals surface area (Å²) in [7, 11) is 0. The molecule has 1 heterocycles. The number of nitrogens with one attached hydrogen (secondary N) is 1. The first-order valence-electron chi connectivity index (χ1n) is 6.45. The van der Waals surface area contributed by atoms with Gasteiger partial charge < -0.3 is 11.1 Å². The number of aromatic nitrogens is 2. The Morgan fingerprint density at radius 3 is 2.79 bits per heavy atom. The summed E-state index contributed by atoms with van der Waals surface area (Å²) in [6.07, 6.45) is 5.17. The molecule has 3 N–H and O–H groups in total. The summed E-state index contributed by atoms with van der Waals surface area (Å²) in [4.78, 5) is 20.3. The molecule has 0 fully saturated rings. The molecule has 2 aromatic rings. The molecule has 1 unspecified atom stereocenters. The standard InChI is InChI=1S/C14H18N4O/c1-2-3-11(15)9-18-14(19)10-4-5-12-13(8-10)17-7-6-16-12/h4-8,11H,2-3,9,15H2,1H3,(H,18,19). The van der Waals surface area contributed by atoms with Crippen molar-refractivity contribution in [1.29, 1.82) is 0 Å². The summed E-state index contributed by atoms with van der Waals surface area (Å²) in [5.41, 5.74) is 7.94. The van der Waals surface area contributed by atoms with Gasteiger partial charge in [-0.05, 0) is 24.6 Å². The highest BCUT2D eigenvalue weighted by atomic mass is 16.1. The van der Waals surface area contributed by atoms with Crippen molar-refractivity contribution < 1.29 is 4.79 Å². The molecule has 5 heteroatoms. The molecule has 0 saturated heterocycles. The van der Waals surface area contributed by atoms with Gasteiger partial charge in [-0.3, -0.25) is 14.8 Å². The molecule has 1 atom stereocenters. The molecule has 0 bridgehead atoms. The quantitative estimate of drug-likeness (QED) is 0.851. The summed E-state index contributed by atoms with van der Waals surface area (Å²) in [6, 6.07) is 5.29. The van der Waals surface area contributed by atoms with E-state index in [1.165, 1.54) is 0 Å². The van der Waals surface area contributed by atoms with Crippen molar-refractivity contribution in [3.05, 3.63) is 36.2 Å². The number of carbonyl (C=O) groups is 1. The number of rotatable bonds is 5. The van der Waals surface area contributed by atoms with E-state index in [2.05, 4.69) is 22.2 Å². The Morgan fingerprint density at radius 1 is 1.32 bits per heavy atom. The first kappa shape index (κ1) is 13.4. The predicted octanol–water partition coefficient (Wildman–Crippen LogP) is 1.49. The maximum atomic E-state index is 12.0. The van der Waals surface area contributed by atoms with E-state index in [9.17, 15) is 4.79 Å². The van der Waals surface area contributed by atoms with Crippen LogP contribution in [0.15, 0.2) is 30.6 Å². The van der Waals surface area contributed by atoms with Crippen LogP contribution in [0.5, 0.6) is 0 Å². The maximum absolute atomic E-state index is 12.0. The largest absolute Gasteiger partial charge is 0.350 e. The van der Waals surface area contributed by atoms with Gasteiger partial charge in [-0.15, -0.1) is 0 Å². The molecular formula is C14H18N4O. The van der Waals surface area contributed by atoms with Gasteiger partial charge in [0.1, 0.15) is 0 Å². The molecule has 5 nitrogen and oxygen atoms in total. The molecule has 0 aliphatic carbocycles. The average Bonchev–Trinajstić information content (AvgIpc) is 2.44. The van der Waals surface area contributed by atoms with Gasteiger partial charge in [0.2, 0.25) is 0 Å². The highest BCUT2D eigenvalue weighted by Crippen LogP contribution is 2.10. The lowest BCUT2D eigenvalue weighted by Gasteiger charge is -2.11. The smallest absolute Gasteiger partial charge is 0.251 e. The van der Waals surface area contributed by atoms with E-state index in [1.54, 1.807) is 30.6 Å². The van der Waals surface area contributed by atoms with E-state index in [0.717, 1.165) is 18.4 Å². The summed E-state index contributed by atoms with van der Waals surface area (Å²) < 4.78 is 0. The van der Waals surface area contributed by atoms with Crippen molar-refractivity contribution in [3.63, 3.8) is 0 Å². The van der Waals surface area contributed by atoms with Gasteiger partial charge in [0, 0.05) is 30.5 Å². The van der Waals surface area contributed by atoms with Crippen LogP contribution in [0, 0.1) is 0 Å². The third-order valence-corrected chi connectivity index (χ3v) is 2.92. The Balaban J connectivity index is 2.05. The molecular weight excluding hydrogens is 240 g/mol. The highest BCUT2D eigenvalue weighted by Gasteiger charge is 2.08. The number of carbonyl (C=O) groups excluding carboxylic acids is 1. The Hall–Kier alpha value is -2.01. The van der Waals surface area contributed by atoms with E-state index in [1.807, 2.05) is 0 Å². The molecule has 0 saturated carbocycles. The number of fused-ring (bicyclic) bond motifs is 1. The van der Waals surface area contributed by atoms with Crippen LogP contribution in [0.4, 0.5) is 0 Å². The van der Waals surface area contributed by atoms with Crippen molar-refractivity contribution in [2.75, 3.05) is 6.54 Å². The van der Waals surface area contributed by atoms with Gasteiger partial charge in [-0.1, -0.05) is 13.3 Å². The molecule has 0 radical (unpaired) electrons. The van der Waals surface area contributed by atoms with Crippen LogP contribution >= 0.6 is 0 Å². The summed E-state index contributed by atoms with van der Waals surface area (Å²) in [5, 5.41) is 2.84. The van der Waals surface area contributed by atoms with E-state index in [4.69, 9.17) is 5.73 Å². The second kappa shape index (κ2) is 6.24. The average molecular weight is 258 g/mol. The topological polar surface area (TPSA) is 80.9 Å². The number of benzene rings is 1. The fourth-order valence-corrected chi connectivity index (χ4v) is 1.90. The number of hydrogen-bond donors (Lipinski definition) is 2. The van der Waals surface area contributed by atoms with Gasteiger partial charge in [0.25, 0.3) is 5.91 Å². The van der Waals surface area contributed by atoms with E-state index in [-0.39, 0.29) is 11.9 Å². The molecule has 1 aromatic carbocycles. The third-order valence-electron chi connectivity index (χ3n) is 2.92. The van der Waals surface area contributed by atoms with Crippen LogP contribution < -0.4 is 11.1 Å². The lowest BCUT2D eigenvalue weighted by Crippen LogP contribution is -2.37. The Bertz CT molecular complexity index is 570. The van der Waals surface area contributed by atoms with Crippen LogP contribution in [0.1, 0.15) is 30.1 Å². The number of hydrogen-bond acceptors (Lipinski definition) is 4. The van der Waals surface area contributed by atoms with Crippen LogP contribution in [0.2, 0.25) is 0 Å². The van der Waals surface area contributed by atoms with Crippen LogP contribution in [0.25, 0.3) is 11.0 Å². The number of amides is 1. The van der Waals surface area contributed by atoms with Gasteiger partial charge >= 0.3 is 0 Å². The lowest BCUT2D eigenvalue weighted by atomic mass is 10.1. The molecule has 0 spiro atoms. The minimum absolute atomic E-state index is 0.00852. The van der Waals surface area contributed by atoms with Crippen LogP contribution in [-0.2, 0) is 0 Å². The van der Waals surface area contributed by atoms with E-state index >= 15 is 0 Å². The Morgan fingerprint density at radius 2 is 2.05 bits per heavy atom. The molecule has 1 aromatic heterocycles. The molecule has 0 aliphatic heterocycles. The maximum Gasteiger partial charge on any atom is 0.251 e. The summed E-state index contributed by atoms with van der Waals surface area (Å²) in [6.45, 7) is 2.56. The van der Waals surface area contributed by atoms with E-state index < -0.39 is 0 Å². The first-order chi connectivity index (χ1) is 9.20. The van der Waals surface area contributed by atoms with Crippen molar-refractivity contribution in [3.8, 4) is 0 Å². The van der Waals surface area contributed by atoms with Gasteiger partial charge in [-0.25, -0.2) is 0 Å². The normalized spacial score (nSPS) is 12.3. The van der Waals surface area contributed by atoms with Crippen LogP contribution in [-0.4, -0.2) is 28.5 Å². The monoisotopic (exact) mass is 258 g/mol. The second-order valence-electron chi connectivity index (χ2n) is 4.52. The predicted molar refractivity (Wildman–Crippen MR) is 74.8 cm³/mol. The van der Waals surface area contributed by atoms with Crippen molar-refractivity contribution in [2.45, 2.75) is 25.8 Å². The second-order valence-corrected chi connectivity index (χ2v) is 4.52. The molecule has 100 valence electrons. The first-order valence-corrected chi connectivity index (χ1v) is 6.45. The molecule has 0 aliphatic rings. The minimum Gasteiger partial charge on any atom is -0.350 e. The Kier molecular flexibility index (Phi) is 4.41. The van der Waals surface area contributed by atoms with Crippen molar-refractivity contribution in [1.82, 2.24) is 15.3 Å². The van der Waals surface area contributed by atoms with Gasteiger partial charge in [0.05, 0.1) is 11.0 Å². The van der Waals surface area contributed by atoms with Crippen LogP contribution in [0.3, 0.4) is 0 Å². The third kappa shape index (κ3) is 3.48. The minimum atomic E-state index is -0.126. The summed E-state index contributed by atoms with van der Waals surface area (Å²) in [5.74, 6) is -0.126. The van der Waals surface area contributed by atoms with Gasteiger partial charge in [-0.2, -0.15) is 0 Å². The number of nitrogens with zero attached hydrogens (tertiary/aromatic N) is 2. The SMILES string of the molecule is CCCC(N)CNC(=O)c1ccc2nccnc2c1. The van der Waals surface area contributed by atoms with Crippen molar-refractivity contribution in [2.24, 2.45) is 5.73 Å². The number of nitrogens with two attached hydrogens (primary N) is 1. The molecule has 1 amide bonds. The summed E-state index contributed by atoms with van der Waals surface area (Å²) >= 11 is 0. The molecule has 19 heavy (non-hydrogen) atoms.